The summed E-state index contributed by atoms with van der Waals surface area (Å²) in [7, 11) is 0. The van der Waals surface area contributed by atoms with Crippen LogP contribution in [0.25, 0.3) is 0 Å². The summed E-state index contributed by atoms with van der Waals surface area (Å²) in [6.07, 6.45) is 0. The lowest BCUT2D eigenvalue weighted by Crippen LogP contribution is -2.48. The van der Waals surface area contributed by atoms with E-state index in [1.165, 1.54) is 12.1 Å². The lowest BCUT2D eigenvalue weighted by atomic mass is 10.1. The molecule has 0 aliphatic carbocycles. The average Bonchev–Trinajstić information content (AvgIpc) is 2.37. The second-order valence-corrected chi connectivity index (χ2v) is 3.01. The van der Waals surface area contributed by atoms with E-state index in [-0.39, 0.29) is 23.4 Å². The Bertz CT molecular complexity index is 456. The number of benzene rings is 1. The van der Waals surface area contributed by atoms with Crippen molar-refractivity contribution in [1.82, 2.24) is 5.43 Å². The smallest absolute Gasteiger partial charge is 0.274 e. The first-order valence-electron chi connectivity index (χ1n) is 4.49. The number of amides is 2. The van der Waals surface area contributed by atoms with Gasteiger partial charge in [-0.25, -0.2) is 26.4 Å². The summed E-state index contributed by atoms with van der Waals surface area (Å²) in [6.45, 7) is -0.273. The monoisotopic (exact) mass is 237 g/mol. The first kappa shape index (κ1) is 12.9. The largest absolute Gasteiger partial charge is 0.350 e. The van der Waals surface area contributed by atoms with E-state index in [0.717, 1.165) is 5.01 Å². The normalized spacial score (nSPS) is 9.53. The maximum Gasteiger partial charge on any atom is 0.350 e. The second-order valence-electron chi connectivity index (χ2n) is 3.01. The summed E-state index contributed by atoms with van der Waals surface area (Å²) in [4.78, 5) is 15.2. The number of nitrogens with two attached hydrogens (primary N) is 2. The van der Waals surface area contributed by atoms with Gasteiger partial charge in [0.25, 0.3) is 0 Å². The van der Waals surface area contributed by atoms with Crippen molar-refractivity contribution >= 4 is 11.7 Å². The summed E-state index contributed by atoms with van der Waals surface area (Å²) in [5, 5.41) is 18.0. The summed E-state index contributed by atoms with van der Waals surface area (Å²) in [5.74, 6) is 10.4. The van der Waals surface area contributed by atoms with Crippen molar-refractivity contribution in [1.29, 1.82) is 5.26 Å². The number of nitrogens with one attached hydrogen (secondary N) is 1. The molecule has 90 valence electrons. The first-order chi connectivity index (χ1) is 8.15. The van der Waals surface area contributed by atoms with Crippen LogP contribution >= 0.6 is 0 Å². The zero-order valence-corrected chi connectivity index (χ0v) is 8.75. The van der Waals surface area contributed by atoms with Crippen molar-refractivity contribution in [3.8, 4) is 6.07 Å². The number of hydrazine groups is 2. The Morgan fingerprint density at radius 2 is 2.35 bits per heavy atom. The third-order valence-electron chi connectivity index (χ3n) is 2.08. The summed E-state index contributed by atoms with van der Waals surface area (Å²) in [6, 6.07) is 5.67. The van der Waals surface area contributed by atoms with Crippen LogP contribution in [0.2, 0.25) is 0 Å². The van der Waals surface area contributed by atoms with Gasteiger partial charge in [-0.05, 0) is 12.1 Å². The molecule has 0 spiro atoms. The van der Waals surface area contributed by atoms with E-state index >= 15 is 0 Å². The molecule has 8 nitrogen and oxygen atoms in total. The van der Waals surface area contributed by atoms with Gasteiger partial charge in [-0.3, -0.25) is 10.7 Å². The highest BCUT2D eigenvalue weighted by atomic mass is 17.1. The maximum atomic E-state index is 11.2. The van der Waals surface area contributed by atoms with Gasteiger partial charge in [-0.2, -0.15) is 5.26 Å². The van der Waals surface area contributed by atoms with Crippen molar-refractivity contribution in [3.63, 3.8) is 0 Å². The molecule has 6 N–H and O–H groups in total. The molecule has 0 unspecified atom stereocenters. The third kappa shape index (κ3) is 2.68. The number of hydrogen-bond donors (Lipinski definition) is 4. The van der Waals surface area contributed by atoms with E-state index in [1.807, 2.05) is 11.5 Å². The third-order valence-corrected chi connectivity index (χ3v) is 2.08. The lowest BCUT2D eigenvalue weighted by molar-refractivity contribution is -0.252. The molecule has 8 heteroatoms. The molecule has 0 bridgehead atoms. The van der Waals surface area contributed by atoms with E-state index in [2.05, 4.69) is 4.89 Å². The Kier molecular flexibility index (Phi) is 4.38. The van der Waals surface area contributed by atoms with Gasteiger partial charge in [-0.15, -0.1) is 0 Å². The molecule has 0 saturated carbocycles. The summed E-state index contributed by atoms with van der Waals surface area (Å²) < 4.78 is 0. The van der Waals surface area contributed by atoms with E-state index in [1.54, 1.807) is 6.07 Å². The number of carbonyl (C=O) groups excluding carboxylic acids is 1. The number of nitrogens with zero attached hydrogens (tertiary/aromatic N) is 2. The zero-order valence-electron chi connectivity index (χ0n) is 8.75. The van der Waals surface area contributed by atoms with E-state index in [9.17, 15) is 4.79 Å². The quantitative estimate of drug-likeness (QED) is 0.249. The van der Waals surface area contributed by atoms with Crippen molar-refractivity contribution in [2.75, 3.05) is 5.01 Å². The fraction of sp³-hybridized carbons (Fsp3) is 0.111. The van der Waals surface area contributed by atoms with Crippen LogP contribution in [0.5, 0.6) is 0 Å². The van der Waals surface area contributed by atoms with Crippen molar-refractivity contribution in [2.24, 2.45) is 11.7 Å². The van der Waals surface area contributed by atoms with Crippen LogP contribution in [0.1, 0.15) is 11.1 Å². The van der Waals surface area contributed by atoms with Gasteiger partial charge in [-0.1, -0.05) is 6.07 Å². The number of hydrogen-bond acceptors (Lipinski definition) is 6. The molecule has 0 radical (unpaired) electrons. The first-order valence-corrected chi connectivity index (χ1v) is 4.49. The molecule has 1 aromatic rings. The van der Waals surface area contributed by atoms with E-state index in [0.29, 0.717) is 0 Å². The minimum atomic E-state index is -0.765. The molecule has 0 fully saturated rings. The molecule has 2 amide bonds. The molecule has 0 atom stereocenters. The number of rotatable bonds is 3. The fourth-order valence-corrected chi connectivity index (χ4v) is 1.30. The van der Waals surface area contributed by atoms with Crippen molar-refractivity contribution in [2.45, 2.75) is 6.61 Å². The SMILES string of the molecule is N#Cc1cccc(N(N)C(=O)NN)c1COO. The van der Waals surface area contributed by atoms with Gasteiger partial charge in [0.05, 0.1) is 17.3 Å². The number of nitriles is 1. The van der Waals surface area contributed by atoms with E-state index in [4.69, 9.17) is 22.2 Å². The van der Waals surface area contributed by atoms with Crippen LogP contribution in [0, 0.1) is 11.3 Å². The average molecular weight is 237 g/mol. The van der Waals surface area contributed by atoms with Crippen LogP contribution in [0.4, 0.5) is 10.5 Å². The Hall–Kier alpha value is -2.18. The maximum absolute atomic E-state index is 11.2. The van der Waals surface area contributed by atoms with Crippen LogP contribution in [-0.4, -0.2) is 11.3 Å². The molecule has 0 aliphatic heterocycles. The fourth-order valence-electron chi connectivity index (χ4n) is 1.30. The Balaban J connectivity index is 3.23. The van der Waals surface area contributed by atoms with Gasteiger partial charge in [0.15, 0.2) is 0 Å². The molecule has 0 aliphatic rings. The summed E-state index contributed by atoms with van der Waals surface area (Å²) in [5.41, 5.74) is 2.57. The van der Waals surface area contributed by atoms with Crippen LogP contribution < -0.4 is 22.1 Å². The number of anilines is 1. The second kappa shape index (κ2) is 5.78. The number of carbonyl (C=O) groups is 1. The van der Waals surface area contributed by atoms with Crippen molar-refractivity contribution < 1.29 is 14.9 Å². The molecule has 17 heavy (non-hydrogen) atoms. The van der Waals surface area contributed by atoms with E-state index < -0.39 is 6.03 Å². The van der Waals surface area contributed by atoms with Gasteiger partial charge in [0.2, 0.25) is 0 Å². The Labute approximate surface area is 96.8 Å². The zero-order chi connectivity index (χ0) is 12.8. The highest BCUT2D eigenvalue weighted by Crippen LogP contribution is 2.22. The van der Waals surface area contributed by atoms with Crippen LogP contribution in [-0.2, 0) is 11.5 Å². The minimum Gasteiger partial charge on any atom is -0.274 e. The van der Waals surface area contributed by atoms with Gasteiger partial charge >= 0.3 is 6.03 Å². The molecule has 0 aromatic heterocycles. The molecular formula is C9H11N5O3. The van der Waals surface area contributed by atoms with Gasteiger partial charge in [0.1, 0.15) is 6.61 Å². The number of urea groups is 1. The topological polar surface area (TPSA) is 138 Å². The predicted molar refractivity (Wildman–Crippen MR) is 58.0 cm³/mol. The molecule has 1 aromatic carbocycles. The van der Waals surface area contributed by atoms with Gasteiger partial charge in [0, 0.05) is 5.56 Å². The Morgan fingerprint density at radius 1 is 1.65 bits per heavy atom. The Morgan fingerprint density at radius 3 is 2.88 bits per heavy atom. The standard InChI is InChI=1S/C9H11N5O3/c10-4-6-2-1-3-8(7(6)5-17-16)14(12)9(15)13-11/h1-3,16H,5,11-12H2,(H,13,15). The molecule has 1 rings (SSSR count). The highest BCUT2D eigenvalue weighted by Gasteiger charge is 2.17. The van der Waals surface area contributed by atoms with Gasteiger partial charge < -0.3 is 0 Å². The molecular weight excluding hydrogens is 226 g/mol. The highest BCUT2D eigenvalue weighted by molar-refractivity contribution is 5.91. The predicted octanol–water partition coefficient (Wildman–Crippen LogP) is -0.189. The molecule has 0 heterocycles. The molecule has 0 saturated heterocycles. The lowest BCUT2D eigenvalue weighted by Gasteiger charge is -2.19. The minimum absolute atomic E-state index is 0.209. The van der Waals surface area contributed by atoms with Crippen molar-refractivity contribution in [3.05, 3.63) is 29.3 Å². The van der Waals surface area contributed by atoms with Crippen LogP contribution in [0.3, 0.4) is 0 Å². The van der Waals surface area contributed by atoms with Crippen LogP contribution in [0.15, 0.2) is 18.2 Å². The summed E-state index contributed by atoms with van der Waals surface area (Å²) >= 11 is 0.